The van der Waals surface area contributed by atoms with Crippen LogP contribution in [0, 0.1) is 18.6 Å². The smallest absolute Gasteiger partial charge is 0.238 e. The lowest BCUT2D eigenvalue weighted by Crippen LogP contribution is -2.12. The SMILES string of the molecule is Cc1cc(-c2cccnc2-c2cc(F)cc(S(N)(=O)=O)c2)ccc1F. The third-order valence-corrected chi connectivity index (χ3v) is 4.64. The molecule has 1 aromatic heterocycles. The van der Waals surface area contributed by atoms with Gasteiger partial charge in [0.2, 0.25) is 10.0 Å². The Morgan fingerprint density at radius 3 is 2.44 bits per heavy atom. The Labute approximate surface area is 144 Å². The van der Waals surface area contributed by atoms with Gasteiger partial charge >= 0.3 is 0 Å². The number of aryl methyl sites for hydroxylation is 1. The highest BCUT2D eigenvalue weighted by Crippen LogP contribution is 2.32. The molecule has 0 atom stereocenters. The summed E-state index contributed by atoms with van der Waals surface area (Å²) in [4.78, 5) is 3.91. The Morgan fingerprint density at radius 2 is 1.76 bits per heavy atom. The Morgan fingerprint density at radius 1 is 1.00 bits per heavy atom. The molecule has 2 N–H and O–H groups in total. The van der Waals surface area contributed by atoms with E-state index in [-0.39, 0.29) is 16.3 Å². The average molecular weight is 360 g/mol. The maximum absolute atomic E-state index is 13.9. The van der Waals surface area contributed by atoms with Crippen molar-refractivity contribution in [2.24, 2.45) is 5.14 Å². The molecule has 128 valence electrons. The normalized spacial score (nSPS) is 11.5. The Hall–Kier alpha value is -2.64. The maximum atomic E-state index is 13.9. The molecule has 2 aromatic carbocycles. The molecule has 0 bridgehead atoms. The molecule has 4 nitrogen and oxygen atoms in total. The molecule has 0 radical (unpaired) electrons. The number of hydrogen-bond donors (Lipinski definition) is 1. The predicted molar refractivity (Wildman–Crippen MR) is 91.1 cm³/mol. The van der Waals surface area contributed by atoms with Crippen LogP contribution in [0.3, 0.4) is 0 Å². The minimum absolute atomic E-state index is 0.265. The summed E-state index contributed by atoms with van der Waals surface area (Å²) < 4.78 is 50.5. The van der Waals surface area contributed by atoms with Crippen LogP contribution in [0.5, 0.6) is 0 Å². The highest BCUT2D eigenvalue weighted by Gasteiger charge is 2.15. The fourth-order valence-electron chi connectivity index (χ4n) is 2.54. The zero-order valence-electron chi connectivity index (χ0n) is 13.2. The lowest BCUT2D eigenvalue weighted by atomic mass is 9.98. The van der Waals surface area contributed by atoms with Crippen LogP contribution in [0.15, 0.2) is 59.6 Å². The molecular weight excluding hydrogens is 346 g/mol. The highest BCUT2D eigenvalue weighted by atomic mass is 32.2. The van der Waals surface area contributed by atoms with Crippen molar-refractivity contribution in [1.29, 1.82) is 0 Å². The second-order valence-electron chi connectivity index (χ2n) is 5.58. The summed E-state index contributed by atoms with van der Waals surface area (Å²) in [5, 5.41) is 5.10. The highest BCUT2D eigenvalue weighted by molar-refractivity contribution is 7.89. The number of benzene rings is 2. The lowest BCUT2D eigenvalue weighted by Gasteiger charge is -2.11. The van der Waals surface area contributed by atoms with Crippen LogP contribution in [0.2, 0.25) is 0 Å². The van der Waals surface area contributed by atoms with E-state index >= 15 is 0 Å². The van der Waals surface area contributed by atoms with Crippen molar-refractivity contribution in [3.05, 3.63) is 71.9 Å². The minimum Gasteiger partial charge on any atom is -0.256 e. The van der Waals surface area contributed by atoms with Crippen molar-refractivity contribution in [2.75, 3.05) is 0 Å². The van der Waals surface area contributed by atoms with Gasteiger partial charge in [0.25, 0.3) is 0 Å². The molecule has 0 aliphatic heterocycles. The number of pyridine rings is 1. The number of aromatic nitrogens is 1. The van der Waals surface area contributed by atoms with Gasteiger partial charge in [-0.2, -0.15) is 0 Å². The van der Waals surface area contributed by atoms with E-state index in [2.05, 4.69) is 4.98 Å². The van der Waals surface area contributed by atoms with E-state index in [1.54, 1.807) is 31.2 Å². The van der Waals surface area contributed by atoms with E-state index in [4.69, 9.17) is 5.14 Å². The Bertz CT molecular complexity index is 1070. The third-order valence-electron chi connectivity index (χ3n) is 3.75. The molecule has 3 aromatic rings. The zero-order chi connectivity index (χ0) is 18.2. The van der Waals surface area contributed by atoms with Gasteiger partial charge in [-0.3, -0.25) is 4.98 Å². The van der Waals surface area contributed by atoms with Gasteiger partial charge in [0.15, 0.2) is 0 Å². The maximum Gasteiger partial charge on any atom is 0.238 e. The van der Waals surface area contributed by atoms with E-state index in [0.29, 0.717) is 22.4 Å². The summed E-state index contributed by atoms with van der Waals surface area (Å²) in [7, 11) is -4.06. The van der Waals surface area contributed by atoms with Crippen molar-refractivity contribution in [3.8, 4) is 22.4 Å². The van der Waals surface area contributed by atoms with Gasteiger partial charge in [-0.1, -0.05) is 12.1 Å². The zero-order valence-corrected chi connectivity index (χ0v) is 14.0. The first kappa shape index (κ1) is 17.2. The number of halogens is 2. The van der Waals surface area contributed by atoms with E-state index in [9.17, 15) is 17.2 Å². The molecule has 7 heteroatoms. The summed E-state index contributed by atoms with van der Waals surface area (Å²) >= 11 is 0. The molecule has 0 saturated heterocycles. The molecule has 3 rings (SSSR count). The number of sulfonamides is 1. The van der Waals surface area contributed by atoms with E-state index < -0.39 is 15.8 Å². The first-order valence-electron chi connectivity index (χ1n) is 7.31. The largest absolute Gasteiger partial charge is 0.256 e. The quantitative estimate of drug-likeness (QED) is 0.775. The predicted octanol–water partition coefficient (Wildman–Crippen LogP) is 3.65. The van der Waals surface area contributed by atoms with Crippen molar-refractivity contribution in [3.63, 3.8) is 0 Å². The molecule has 25 heavy (non-hydrogen) atoms. The average Bonchev–Trinajstić information content (AvgIpc) is 2.56. The van der Waals surface area contributed by atoms with Gasteiger partial charge in [0.05, 0.1) is 10.6 Å². The second kappa shape index (κ2) is 6.34. The van der Waals surface area contributed by atoms with Crippen LogP contribution in [0.25, 0.3) is 22.4 Å². The van der Waals surface area contributed by atoms with Gasteiger partial charge in [-0.15, -0.1) is 0 Å². The molecular formula is C18H14F2N2O2S. The molecule has 0 saturated carbocycles. The van der Waals surface area contributed by atoms with Crippen molar-refractivity contribution in [1.82, 2.24) is 4.98 Å². The van der Waals surface area contributed by atoms with E-state index in [1.807, 2.05) is 0 Å². The van der Waals surface area contributed by atoms with Crippen LogP contribution >= 0.6 is 0 Å². The number of nitrogens with two attached hydrogens (primary N) is 1. The van der Waals surface area contributed by atoms with Crippen molar-refractivity contribution < 1.29 is 17.2 Å². The molecule has 0 unspecified atom stereocenters. The van der Waals surface area contributed by atoms with Gasteiger partial charge in [0, 0.05) is 17.3 Å². The topological polar surface area (TPSA) is 73.0 Å². The summed E-state index contributed by atoms with van der Waals surface area (Å²) in [6.45, 7) is 1.64. The first-order chi connectivity index (χ1) is 11.8. The fraction of sp³-hybridized carbons (Fsp3) is 0.0556. The number of nitrogens with zero attached hydrogens (tertiary/aromatic N) is 1. The second-order valence-corrected chi connectivity index (χ2v) is 7.15. The molecule has 0 aliphatic carbocycles. The molecule has 0 spiro atoms. The van der Waals surface area contributed by atoms with Crippen molar-refractivity contribution >= 4 is 10.0 Å². The van der Waals surface area contributed by atoms with E-state index in [1.165, 1.54) is 24.4 Å². The van der Waals surface area contributed by atoms with Crippen LogP contribution in [-0.2, 0) is 10.0 Å². The molecule has 0 aliphatic rings. The van der Waals surface area contributed by atoms with Crippen molar-refractivity contribution in [2.45, 2.75) is 11.8 Å². The third kappa shape index (κ3) is 3.57. The van der Waals surface area contributed by atoms with Crippen LogP contribution in [0.4, 0.5) is 8.78 Å². The van der Waals surface area contributed by atoms with Crippen LogP contribution in [-0.4, -0.2) is 13.4 Å². The van der Waals surface area contributed by atoms with Crippen LogP contribution < -0.4 is 5.14 Å². The lowest BCUT2D eigenvalue weighted by molar-refractivity contribution is 0.592. The number of primary sulfonamides is 1. The van der Waals surface area contributed by atoms with Gasteiger partial charge in [0.1, 0.15) is 11.6 Å². The van der Waals surface area contributed by atoms with Crippen LogP contribution in [0.1, 0.15) is 5.56 Å². The van der Waals surface area contributed by atoms with Gasteiger partial charge < -0.3 is 0 Å². The minimum atomic E-state index is -4.06. The first-order valence-corrected chi connectivity index (χ1v) is 8.85. The monoisotopic (exact) mass is 360 g/mol. The Kier molecular flexibility index (Phi) is 4.36. The molecule has 0 amide bonds. The van der Waals surface area contributed by atoms with E-state index in [0.717, 1.165) is 6.07 Å². The van der Waals surface area contributed by atoms with Gasteiger partial charge in [-0.25, -0.2) is 22.3 Å². The molecule has 1 heterocycles. The summed E-state index contributed by atoms with van der Waals surface area (Å²) in [5.74, 6) is -1.08. The summed E-state index contributed by atoms with van der Waals surface area (Å²) in [5.41, 5.74) is 2.40. The van der Waals surface area contributed by atoms with Gasteiger partial charge in [-0.05, 0) is 54.4 Å². The fourth-order valence-corrected chi connectivity index (χ4v) is 3.11. The number of rotatable bonds is 3. The standard InChI is InChI=1S/C18H14F2N2O2S/c1-11-7-12(4-5-17(11)20)16-3-2-6-22-18(16)13-8-14(19)10-15(9-13)25(21,23)24/h2-10H,1H3,(H2,21,23,24). The summed E-state index contributed by atoms with van der Waals surface area (Å²) in [6.07, 6.45) is 1.51. The number of hydrogen-bond acceptors (Lipinski definition) is 3. The summed E-state index contributed by atoms with van der Waals surface area (Å²) in [6, 6.07) is 11.3. The Balaban J connectivity index is 2.23. The molecule has 0 fully saturated rings.